The molecule has 1 heterocycles. The van der Waals surface area contributed by atoms with E-state index in [1.54, 1.807) is 0 Å². The van der Waals surface area contributed by atoms with Crippen molar-refractivity contribution in [3.05, 3.63) is 24.3 Å². The van der Waals surface area contributed by atoms with Gasteiger partial charge in [0.05, 0.1) is 11.0 Å². The molecule has 0 fully saturated rings. The lowest BCUT2D eigenvalue weighted by Gasteiger charge is -2.06. The Morgan fingerprint density at radius 3 is 2.75 bits per heavy atom. The maximum absolute atomic E-state index is 4.69. The van der Waals surface area contributed by atoms with Crippen molar-refractivity contribution in [2.75, 3.05) is 5.75 Å². The number of thioether (sulfide) groups is 1. The van der Waals surface area contributed by atoms with Crippen LogP contribution < -0.4 is 0 Å². The molecule has 0 radical (unpaired) electrons. The van der Waals surface area contributed by atoms with Gasteiger partial charge in [-0.3, -0.25) is 0 Å². The van der Waals surface area contributed by atoms with Crippen molar-refractivity contribution < 1.29 is 0 Å². The van der Waals surface area contributed by atoms with Crippen LogP contribution >= 0.6 is 11.8 Å². The standard InChI is InChI=1S/C13H18N2S/c1-3-9-15-12-8-6-5-7-11(12)14-13(15)16-10-4-2/h5-8H,3-4,9-10H2,1-2H3. The van der Waals surface area contributed by atoms with E-state index in [0.29, 0.717) is 0 Å². The van der Waals surface area contributed by atoms with Crippen LogP contribution in [0.1, 0.15) is 26.7 Å². The molecule has 16 heavy (non-hydrogen) atoms. The molecule has 0 spiro atoms. The van der Waals surface area contributed by atoms with Gasteiger partial charge in [-0.25, -0.2) is 4.98 Å². The van der Waals surface area contributed by atoms with E-state index in [1.807, 2.05) is 11.8 Å². The van der Waals surface area contributed by atoms with Gasteiger partial charge in [-0.1, -0.05) is 37.7 Å². The van der Waals surface area contributed by atoms with E-state index < -0.39 is 0 Å². The normalized spacial score (nSPS) is 11.1. The van der Waals surface area contributed by atoms with Gasteiger partial charge in [0.2, 0.25) is 0 Å². The van der Waals surface area contributed by atoms with Gasteiger partial charge < -0.3 is 4.57 Å². The first-order chi connectivity index (χ1) is 7.86. The molecule has 2 rings (SSSR count). The summed E-state index contributed by atoms with van der Waals surface area (Å²) in [6.07, 6.45) is 2.35. The van der Waals surface area contributed by atoms with Gasteiger partial charge in [0, 0.05) is 12.3 Å². The highest BCUT2D eigenvalue weighted by Gasteiger charge is 2.09. The quantitative estimate of drug-likeness (QED) is 0.729. The van der Waals surface area contributed by atoms with Crippen LogP contribution in [0.5, 0.6) is 0 Å². The molecular weight excluding hydrogens is 216 g/mol. The van der Waals surface area contributed by atoms with Crippen LogP contribution in [-0.4, -0.2) is 15.3 Å². The zero-order valence-corrected chi connectivity index (χ0v) is 10.8. The van der Waals surface area contributed by atoms with Crippen molar-refractivity contribution in [1.82, 2.24) is 9.55 Å². The Bertz CT molecular complexity index is 462. The van der Waals surface area contributed by atoms with Crippen LogP contribution in [-0.2, 0) is 6.54 Å². The first-order valence-corrected chi connectivity index (χ1v) is 6.93. The number of nitrogens with zero attached hydrogens (tertiary/aromatic N) is 2. The fourth-order valence-corrected chi connectivity index (χ4v) is 2.69. The maximum Gasteiger partial charge on any atom is 0.169 e. The van der Waals surface area contributed by atoms with E-state index in [2.05, 4.69) is 42.7 Å². The lowest BCUT2D eigenvalue weighted by Crippen LogP contribution is -1.98. The molecule has 0 amide bonds. The molecule has 0 atom stereocenters. The van der Waals surface area contributed by atoms with Gasteiger partial charge >= 0.3 is 0 Å². The zero-order valence-electron chi connectivity index (χ0n) is 9.94. The molecule has 0 bridgehead atoms. The number of para-hydroxylation sites is 2. The Morgan fingerprint density at radius 1 is 1.19 bits per heavy atom. The Labute approximate surface area is 101 Å². The molecule has 0 N–H and O–H groups in total. The molecule has 0 saturated carbocycles. The minimum Gasteiger partial charge on any atom is -0.319 e. The summed E-state index contributed by atoms with van der Waals surface area (Å²) in [5, 5.41) is 1.17. The summed E-state index contributed by atoms with van der Waals surface area (Å²) >= 11 is 1.86. The molecule has 86 valence electrons. The number of hydrogen-bond acceptors (Lipinski definition) is 2. The third-order valence-electron chi connectivity index (χ3n) is 2.50. The van der Waals surface area contributed by atoms with E-state index in [4.69, 9.17) is 4.98 Å². The highest BCUT2D eigenvalue weighted by atomic mass is 32.2. The lowest BCUT2D eigenvalue weighted by molar-refractivity contribution is 0.638. The second-order valence-electron chi connectivity index (χ2n) is 3.88. The van der Waals surface area contributed by atoms with Crippen LogP contribution in [0.3, 0.4) is 0 Å². The van der Waals surface area contributed by atoms with Crippen LogP contribution in [0.25, 0.3) is 11.0 Å². The topological polar surface area (TPSA) is 17.8 Å². The van der Waals surface area contributed by atoms with Gasteiger partial charge in [-0.15, -0.1) is 0 Å². The summed E-state index contributed by atoms with van der Waals surface area (Å²) < 4.78 is 2.34. The number of benzene rings is 1. The summed E-state index contributed by atoms with van der Waals surface area (Å²) in [7, 11) is 0. The molecular formula is C13H18N2S. The highest BCUT2D eigenvalue weighted by molar-refractivity contribution is 7.99. The van der Waals surface area contributed by atoms with Gasteiger partial charge in [-0.05, 0) is 25.0 Å². The van der Waals surface area contributed by atoms with Gasteiger partial charge in [-0.2, -0.15) is 0 Å². The third-order valence-corrected chi connectivity index (χ3v) is 3.68. The van der Waals surface area contributed by atoms with Crippen LogP contribution in [0.4, 0.5) is 0 Å². The molecule has 0 aliphatic rings. The molecule has 3 heteroatoms. The molecule has 2 aromatic rings. The first-order valence-electron chi connectivity index (χ1n) is 5.95. The molecule has 0 unspecified atom stereocenters. The number of hydrogen-bond donors (Lipinski definition) is 0. The number of imidazole rings is 1. The van der Waals surface area contributed by atoms with E-state index in [0.717, 1.165) is 24.2 Å². The Kier molecular flexibility index (Phi) is 3.88. The summed E-state index contributed by atoms with van der Waals surface area (Å²) in [5.74, 6) is 1.15. The molecule has 0 aliphatic heterocycles. The fraction of sp³-hybridized carbons (Fsp3) is 0.462. The molecule has 1 aromatic heterocycles. The summed E-state index contributed by atoms with van der Waals surface area (Å²) in [6, 6.07) is 8.40. The second-order valence-corrected chi connectivity index (χ2v) is 4.95. The second kappa shape index (κ2) is 5.39. The molecule has 2 nitrogen and oxygen atoms in total. The van der Waals surface area contributed by atoms with Crippen molar-refractivity contribution in [2.24, 2.45) is 0 Å². The predicted octanol–water partition coefficient (Wildman–Crippen LogP) is 3.95. The van der Waals surface area contributed by atoms with Crippen molar-refractivity contribution in [3.63, 3.8) is 0 Å². The molecule has 1 aromatic carbocycles. The first kappa shape index (κ1) is 11.5. The minimum absolute atomic E-state index is 1.06. The summed E-state index contributed by atoms with van der Waals surface area (Å²) in [4.78, 5) is 4.69. The van der Waals surface area contributed by atoms with Crippen molar-refractivity contribution in [1.29, 1.82) is 0 Å². The number of aryl methyl sites for hydroxylation is 1. The van der Waals surface area contributed by atoms with E-state index in [-0.39, 0.29) is 0 Å². The van der Waals surface area contributed by atoms with E-state index in [1.165, 1.54) is 17.1 Å². The predicted molar refractivity (Wildman–Crippen MR) is 71.0 cm³/mol. The smallest absolute Gasteiger partial charge is 0.169 e. The third kappa shape index (κ3) is 2.24. The minimum atomic E-state index is 1.06. The van der Waals surface area contributed by atoms with E-state index in [9.17, 15) is 0 Å². The number of rotatable bonds is 5. The SMILES string of the molecule is CCCSc1nc2ccccc2n1CCC. The Balaban J connectivity index is 2.41. The Morgan fingerprint density at radius 2 is 2.00 bits per heavy atom. The zero-order chi connectivity index (χ0) is 11.4. The maximum atomic E-state index is 4.69. The molecule has 0 saturated heterocycles. The van der Waals surface area contributed by atoms with Crippen LogP contribution in [0, 0.1) is 0 Å². The average Bonchev–Trinajstić information content (AvgIpc) is 2.66. The lowest BCUT2D eigenvalue weighted by atomic mass is 10.3. The van der Waals surface area contributed by atoms with Gasteiger partial charge in [0.1, 0.15) is 0 Å². The fourth-order valence-electron chi connectivity index (χ4n) is 1.80. The monoisotopic (exact) mass is 234 g/mol. The molecule has 0 aliphatic carbocycles. The largest absolute Gasteiger partial charge is 0.319 e. The Hall–Kier alpha value is -0.960. The van der Waals surface area contributed by atoms with Crippen molar-refractivity contribution in [3.8, 4) is 0 Å². The highest BCUT2D eigenvalue weighted by Crippen LogP contribution is 2.24. The summed E-state index contributed by atoms with van der Waals surface area (Å²) in [5.41, 5.74) is 2.39. The van der Waals surface area contributed by atoms with Crippen molar-refractivity contribution in [2.45, 2.75) is 38.4 Å². The van der Waals surface area contributed by atoms with Gasteiger partial charge in [0.25, 0.3) is 0 Å². The van der Waals surface area contributed by atoms with Crippen molar-refractivity contribution >= 4 is 22.8 Å². The number of aromatic nitrogens is 2. The van der Waals surface area contributed by atoms with E-state index >= 15 is 0 Å². The average molecular weight is 234 g/mol. The number of fused-ring (bicyclic) bond motifs is 1. The van der Waals surface area contributed by atoms with Crippen LogP contribution in [0.2, 0.25) is 0 Å². The summed E-state index contributed by atoms with van der Waals surface area (Å²) in [6.45, 7) is 5.48. The van der Waals surface area contributed by atoms with Gasteiger partial charge in [0.15, 0.2) is 5.16 Å². The van der Waals surface area contributed by atoms with Crippen LogP contribution in [0.15, 0.2) is 29.4 Å².